The summed E-state index contributed by atoms with van der Waals surface area (Å²) < 4.78 is 9.51. The third-order valence-electron chi connectivity index (χ3n) is 3.39. The first-order valence-corrected chi connectivity index (χ1v) is 8.78. The second-order valence-electron chi connectivity index (χ2n) is 5.37. The van der Waals surface area contributed by atoms with Crippen LogP contribution in [0.15, 0.2) is 41.8 Å². The molecule has 142 valence electrons. The smallest absolute Gasteiger partial charge is 0.350 e. The minimum Gasteiger partial charge on any atom is -0.465 e. The summed E-state index contributed by atoms with van der Waals surface area (Å²) in [4.78, 5) is 47.7. The van der Waals surface area contributed by atoms with Gasteiger partial charge in [-0.15, -0.1) is 11.3 Å². The van der Waals surface area contributed by atoms with E-state index >= 15 is 0 Å². The van der Waals surface area contributed by atoms with Crippen LogP contribution in [0.5, 0.6) is 0 Å². The predicted octanol–water partition coefficient (Wildman–Crippen LogP) is 1.83. The van der Waals surface area contributed by atoms with E-state index in [2.05, 4.69) is 15.4 Å². The molecule has 0 saturated heterocycles. The first-order valence-electron chi connectivity index (χ1n) is 7.90. The molecule has 2 N–H and O–H groups in total. The lowest BCUT2D eigenvalue weighted by molar-refractivity contribution is -0.148. The summed E-state index contributed by atoms with van der Waals surface area (Å²) >= 11 is 1.11. The normalized spacial score (nSPS) is 11.2. The van der Waals surface area contributed by atoms with Crippen LogP contribution in [-0.4, -0.2) is 43.5 Å². The van der Waals surface area contributed by atoms with Crippen LogP contribution in [0, 0.1) is 0 Å². The number of nitrogens with one attached hydrogen (secondary N) is 2. The van der Waals surface area contributed by atoms with Gasteiger partial charge in [-0.3, -0.25) is 9.59 Å². The number of hydrogen-bond acceptors (Lipinski definition) is 7. The highest BCUT2D eigenvalue weighted by atomic mass is 32.1. The van der Waals surface area contributed by atoms with Gasteiger partial charge in [0, 0.05) is 5.56 Å². The van der Waals surface area contributed by atoms with Crippen LogP contribution in [0.3, 0.4) is 0 Å². The van der Waals surface area contributed by atoms with Crippen LogP contribution in [-0.2, 0) is 19.1 Å². The van der Waals surface area contributed by atoms with E-state index in [0.29, 0.717) is 5.56 Å². The van der Waals surface area contributed by atoms with Crippen molar-refractivity contribution in [3.63, 3.8) is 0 Å². The highest BCUT2D eigenvalue weighted by Crippen LogP contribution is 2.22. The van der Waals surface area contributed by atoms with Gasteiger partial charge in [0.25, 0.3) is 11.8 Å². The second kappa shape index (κ2) is 9.48. The molecule has 0 radical (unpaired) electrons. The Balaban J connectivity index is 1.82. The van der Waals surface area contributed by atoms with Crippen molar-refractivity contribution in [1.29, 1.82) is 0 Å². The number of hydrogen-bond donors (Lipinski definition) is 2. The third-order valence-corrected chi connectivity index (χ3v) is 4.29. The van der Waals surface area contributed by atoms with Gasteiger partial charge in [-0.25, -0.2) is 9.59 Å². The monoisotopic (exact) mass is 390 g/mol. The van der Waals surface area contributed by atoms with Gasteiger partial charge in [0.1, 0.15) is 10.9 Å². The maximum Gasteiger partial charge on any atom is 0.350 e. The number of rotatable bonds is 7. The van der Waals surface area contributed by atoms with Crippen LogP contribution < -0.4 is 10.6 Å². The molecular formula is C18H18N2O6S. The quantitative estimate of drug-likeness (QED) is 0.698. The number of anilines is 1. The van der Waals surface area contributed by atoms with Gasteiger partial charge in [0.15, 0.2) is 6.61 Å². The molecule has 0 saturated carbocycles. The Morgan fingerprint density at radius 1 is 1.11 bits per heavy atom. The van der Waals surface area contributed by atoms with Gasteiger partial charge in [-0.05, 0) is 30.5 Å². The zero-order valence-electron chi connectivity index (χ0n) is 14.7. The summed E-state index contributed by atoms with van der Waals surface area (Å²) in [7, 11) is 1.24. The minimum absolute atomic E-state index is 0.237. The molecule has 1 heterocycles. The second-order valence-corrected chi connectivity index (χ2v) is 6.29. The van der Waals surface area contributed by atoms with Crippen molar-refractivity contribution in [2.45, 2.75) is 13.0 Å². The highest BCUT2D eigenvalue weighted by Gasteiger charge is 2.20. The summed E-state index contributed by atoms with van der Waals surface area (Å²) in [6, 6.07) is 9.01. The zero-order chi connectivity index (χ0) is 19.8. The van der Waals surface area contributed by atoms with Crippen LogP contribution in [0.1, 0.15) is 27.0 Å². The standard InChI is InChI=1S/C18H18N2O6S/c1-11(19-16(22)12-6-4-3-5-7-12)17(23)26-10-14(21)20-13-8-9-27-15(13)18(24)25-2/h3-9,11H,10H2,1-2H3,(H,19,22)(H,20,21)/t11-/m0/s1. The van der Waals surface area contributed by atoms with Crippen molar-refractivity contribution in [2.24, 2.45) is 0 Å². The molecular weight excluding hydrogens is 372 g/mol. The van der Waals surface area contributed by atoms with Gasteiger partial charge >= 0.3 is 11.9 Å². The molecule has 0 unspecified atom stereocenters. The summed E-state index contributed by atoms with van der Waals surface area (Å²) in [6.07, 6.45) is 0. The fourth-order valence-corrected chi connectivity index (χ4v) is 2.80. The van der Waals surface area contributed by atoms with Gasteiger partial charge < -0.3 is 20.1 Å². The maximum absolute atomic E-state index is 12.0. The summed E-state index contributed by atoms with van der Waals surface area (Å²) in [6.45, 7) is 0.899. The van der Waals surface area contributed by atoms with Gasteiger partial charge in [-0.2, -0.15) is 0 Å². The van der Waals surface area contributed by atoms with E-state index in [-0.39, 0.29) is 10.6 Å². The average molecular weight is 390 g/mol. The molecule has 1 aromatic carbocycles. The fraction of sp³-hybridized carbons (Fsp3) is 0.222. The number of thiophene rings is 1. The van der Waals surface area contributed by atoms with E-state index in [0.717, 1.165) is 11.3 Å². The molecule has 0 spiro atoms. The Hall–Kier alpha value is -3.20. The Morgan fingerprint density at radius 3 is 2.48 bits per heavy atom. The fourth-order valence-electron chi connectivity index (χ4n) is 2.03. The predicted molar refractivity (Wildman–Crippen MR) is 98.6 cm³/mol. The topological polar surface area (TPSA) is 111 Å². The van der Waals surface area contributed by atoms with Crippen molar-refractivity contribution in [1.82, 2.24) is 5.32 Å². The molecule has 0 fully saturated rings. The summed E-state index contributed by atoms with van der Waals surface area (Å²) in [5.41, 5.74) is 0.681. The van der Waals surface area contributed by atoms with Crippen molar-refractivity contribution in [3.8, 4) is 0 Å². The van der Waals surface area contributed by atoms with Gasteiger partial charge in [0.2, 0.25) is 0 Å². The lowest BCUT2D eigenvalue weighted by Gasteiger charge is -2.13. The van der Waals surface area contributed by atoms with Crippen molar-refractivity contribution < 1.29 is 28.7 Å². The zero-order valence-corrected chi connectivity index (χ0v) is 15.5. The van der Waals surface area contributed by atoms with Crippen molar-refractivity contribution >= 4 is 40.8 Å². The molecule has 0 aliphatic heterocycles. The number of amides is 2. The van der Waals surface area contributed by atoms with E-state index in [1.165, 1.54) is 14.0 Å². The van der Waals surface area contributed by atoms with Crippen molar-refractivity contribution in [2.75, 3.05) is 19.0 Å². The van der Waals surface area contributed by atoms with Crippen LogP contribution >= 0.6 is 11.3 Å². The Morgan fingerprint density at radius 2 is 1.81 bits per heavy atom. The van der Waals surface area contributed by atoms with Crippen molar-refractivity contribution in [3.05, 3.63) is 52.2 Å². The molecule has 0 aliphatic rings. The van der Waals surface area contributed by atoms with Crippen LogP contribution in [0.25, 0.3) is 0 Å². The lowest BCUT2D eigenvalue weighted by Crippen LogP contribution is -2.40. The molecule has 1 atom stereocenters. The number of carbonyl (C=O) groups excluding carboxylic acids is 4. The molecule has 0 aliphatic carbocycles. The Labute approximate surface area is 159 Å². The molecule has 2 aromatic rings. The lowest BCUT2D eigenvalue weighted by atomic mass is 10.2. The number of methoxy groups -OCH3 is 1. The first kappa shape index (κ1) is 20.1. The molecule has 2 amide bonds. The SMILES string of the molecule is COC(=O)c1sccc1NC(=O)COC(=O)[C@H](C)NC(=O)c1ccccc1. The molecule has 1 aromatic heterocycles. The van der Waals surface area contributed by atoms with E-state index in [1.807, 2.05) is 0 Å². The maximum atomic E-state index is 12.0. The number of benzene rings is 1. The summed E-state index contributed by atoms with van der Waals surface area (Å²) in [5.74, 6) is -2.37. The highest BCUT2D eigenvalue weighted by molar-refractivity contribution is 7.12. The van der Waals surface area contributed by atoms with E-state index in [9.17, 15) is 19.2 Å². The van der Waals surface area contributed by atoms with Crippen LogP contribution in [0.4, 0.5) is 5.69 Å². The summed E-state index contributed by atoms with van der Waals surface area (Å²) in [5, 5.41) is 6.59. The number of carbonyl (C=O) groups is 4. The third kappa shape index (κ3) is 5.65. The van der Waals surface area contributed by atoms with Gasteiger partial charge in [0.05, 0.1) is 12.8 Å². The van der Waals surface area contributed by atoms with E-state index in [1.54, 1.807) is 41.8 Å². The van der Waals surface area contributed by atoms with Gasteiger partial charge in [-0.1, -0.05) is 18.2 Å². The Bertz CT molecular complexity index is 833. The molecule has 0 bridgehead atoms. The van der Waals surface area contributed by atoms with Crippen LogP contribution in [0.2, 0.25) is 0 Å². The minimum atomic E-state index is -0.933. The largest absolute Gasteiger partial charge is 0.465 e. The average Bonchev–Trinajstić information content (AvgIpc) is 3.14. The Kier molecular flexibility index (Phi) is 7.07. The molecule has 8 nitrogen and oxygen atoms in total. The first-order chi connectivity index (χ1) is 12.9. The molecule has 2 rings (SSSR count). The number of ether oxygens (including phenoxy) is 2. The molecule has 27 heavy (non-hydrogen) atoms. The van der Waals surface area contributed by atoms with E-state index < -0.39 is 36.4 Å². The number of esters is 2. The van der Waals surface area contributed by atoms with E-state index in [4.69, 9.17) is 4.74 Å². The molecule has 9 heteroatoms.